The number of hydrogen-bond acceptors (Lipinski definition) is 5. The van der Waals surface area contributed by atoms with E-state index in [1.165, 1.54) is 14.2 Å². The Hall–Kier alpha value is -2.04. The number of rotatable bonds is 6. The molecule has 1 rings (SSSR count). The Morgan fingerprint density at radius 1 is 1.37 bits per heavy atom. The summed E-state index contributed by atoms with van der Waals surface area (Å²) < 4.78 is 10.0. The summed E-state index contributed by atoms with van der Waals surface area (Å²) in [4.78, 5) is 24.4. The lowest BCUT2D eigenvalue weighted by atomic mass is 9.95. The van der Waals surface area contributed by atoms with E-state index in [0.29, 0.717) is 17.6 Å². The Bertz CT molecular complexity index is 457. The largest absolute Gasteiger partial charge is 0.496 e. The van der Waals surface area contributed by atoms with Crippen molar-refractivity contribution in [2.45, 2.75) is 12.3 Å². The lowest BCUT2D eigenvalue weighted by Crippen LogP contribution is -2.16. The van der Waals surface area contributed by atoms with Gasteiger partial charge in [-0.05, 0) is 6.07 Å². The van der Waals surface area contributed by atoms with Gasteiger partial charge in [0, 0.05) is 37.8 Å². The lowest BCUT2D eigenvalue weighted by Gasteiger charge is -2.19. The molecule has 0 aliphatic heterocycles. The molecular weight excluding hydrogens is 246 g/mol. The molecule has 0 aliphatic carbocycles. The molecule has 0 aliphatic rings. The number of nitrogens with zero attached hydrogens (tertiary/aromatic N) is 1. The van der Waals surface area contributed by atoms with Crippen molar-refractivity contribution in [3.05, 3.63) is 23.8 Å². The molecule has 0 saturated carbocycles. The normalized spacial score (nSPS) is 11.6. The van der Waals surface area contributed by atoms with E-state index in [2.05, 4.69) is 0 Å². The van der Waals surface area contributed by atoms with Gasteiger partial charge in [-0.25, -0.2) is 0 Å². The Morgan fingerprint density at radius 3 is 2.53 bits per heavy atom. The van der Waals surface area contributed by atoms with Crippen molar-refractivity contribution in [1.82, 2.24) is 0 Å². The lowest BCUT2D eigenvalue weighted by molar-refractivity contribution is -0.143. The zero-order valence-electron chi connectivity index (χ0n) is 11.7. The predicted molar refractivity (Wildman–Crippen MR) is 72.8 cm³/mol. The van der Waals surface area contributed by atoms with Crippen LogP contribution < -0.4 is 9.64 Å². The number of ether oxygens (including phenoxy) is 2. The molecule has 0 heterocycles. The highest BCUT2D eigenvalue weighted by atomic mass is 16.5. The van der Waals surface area contributed by atoms with Crippen molar-refractivity contribution in [3.63, 3.8) is 0 Å². The van der Waals surface area contributed by atoms with Gasteiger partial charge in [0.15, 0.2) is 0 Å². The fourth-order valence-corrected chi connectivity index (χ4v) is 1.85. The molecule has 1 atom stereocenters. The molecule has 0 N–H and O–H groups in total. The van der Waals surface area contributed by atoms with Crippen LogP contribution in [0.25, 0.3) is 0 Å². The van der Waals surface area contributed by atoms with Crippen molar-refractivity contribution in [2.75, 3.05) is 33.2 Å². The minimum atomic E-state index is -0.631. The fraction of sp³-hybridized carbons (Fsp3) is 0.429. The molecule has 0 radical (unpaired) electrons. The van der Waals surface area contributed by atoms with E-state index in [1.807, 2.05) is 31.1 Å². The van der Waals surface area contributed by atoms with Crippen LogP contribution in [0.3, 0.4) is 0 Å². The van der Waals surface area contributed by atoms with Gasteiger partial charge < -0.3 is 19.2 Å². The fourth-order valence-electron chi connectivity index (χ4n) is 1.85. The van der Waals surface area contributed by atoms with Crippen molar-refractivity contribution in [3.8, 4) is 5.75 Å². The van der Waals surface area contributed by atoms with Crippen molar-refractivity contribution in [1.29, 1.82) is 0 Å². The Morgan fingerprint density at radius 2 is 2.05 bits per heavy atom. The number of benzene rings is 1. The van der Waals surface area contributed by atoms with Crippen molar-refractivity contribution >= 4 is 17.9 Å². The van der Waals surface area contributed by atoms with Gasteiger partial charge in [0.25, 0.3) is 0 Å². The van der Waals surface area contributed by atoms with Gasteiger partial charge in [-0.3, -0.25) is 4.79 Å². The van der Waals surface area contributed by atoms with Gasteiger partial charge in [-0.2, -0.15) is 0 Å². The molecule has 0 spiro atoms. The van der Waals surface area contributed by atoms with Crippen LogP contribution >= 0.6 is 0 Å². The second-order valence-corrected chi connectivity index (χ2v) is 4.30. The molecule has 5 nitrogen and oxygen atoms in total. The third-order valence-corrected chi connectivity index (χ3v) is 2.93. The van der Waals surface area contributed by atoms with Crippen LogP contribution in [0.15, 0.2) is 18.2 Å². The Kier molecular flexibility index (Phi) is 5.36. The van der Waals surface area contributed by atoms with Crippen LogP contribution in [-0.2, 0) is 14.3 Å². The maximum atomic E-state index is 11.7. The molecule has 0 saturated heterocycles. The highest BCUT2D eigenvalue weighted by Gasteiger charge is 2.24. The minimum absolute atomic E-state index is 0.0738. The predicted octanol–water partition coefficient (Wildman–Crippen LogP) is 1.61. The topological polar surface area (TPSA) is 55.8 Å². The molecule has 0 bridgehead atoms. The molecule has 1 aromatic rings. The van der Waals surface area contributed by atoms with Crippen LogP contribution in [0, 0.1) is 0 Å². The highest BCUT2D eigenvalue weighted by Crippen LogP contribution is 2.32. The summed E-state index contributed by atoms with van der Waals surface area (Å²) in [5.41, 5.74) is 1.61. The van der Waals surface area contributed by atoms with Crippen LogP contribution in [-0.4, -0.2) is 40.6 Å². The van der Waals surface area contributed by atoms with E-state index >= 15 is 0 Å². The van der Waals surface area contributed by atoms with Crippen LogP contribution in [0.2, 0.25) is 0 Å². The van der Waals surface area contributed by atoms with Gasteiger partial charge in [-0.1, -0.05) is 6.07 Å². The van der Waals surface area contributed by atoms with Crippen molar-refractivity contribution < 1.29 is 19.1 Å². The first-order valence-corrected chi connectivity index (χ1v) is 5.91. The summed E-state index contributed by atoms with van der Waals surface area (Å²) >= 11 is 0. The second kappa shape index (κ2) is 6.78. The summed E-state index contributed by atoms with van der Waals surface area (Å²) in [7, 11) is 6.67. The van der Waals surface area contributed by atoms with E-state index in [4.69, 9.17) is 9.47 Å². The van der Waals surface area contributed by atoms with Gasteiger partial charge in [0.2, 0.25) is 0 Å². The molecule has 19 heavy (non-hydrogen) atoms. The van der Waals surface area contributed by atoms with Gasteiger partial charge in [-0.15, -0.1) is 0 Å². The van der Waals surface area contributed by atoms with Crippen LogP contribution in [0.1, 0.15) is 17.9 Å². The first kappa shape index (κ1) is 15.0. The molecule has 5 heteroatoms. The van der Waals surface area contributed by atoms with E-state index in [0.717, 1.165) is 5.69 Å². The summed E-state index contributed by atoms with van der Waals surface area (Å²) in [6.45, 7) is 0. The third kappa shape index (κ3) is 3.47. The molecule has 0 fully saturated rings. The smallest absolute Gasteiger partial charge is 0.313 e. The van der Waals surface area contributed by atoms with Gasteiger partial charge in [0.05, 0.1) is 20.1 Å². The second-order valence-electron chi connectivity index (χ2n) is 4.30. The summed E-state index contributed by atoms with van der Waals surface area (Å²) in [5.74, 6) is -0.500. The standard InChI is InChI=1S/C14H19NO4/c1-15(2)10-5-6-11(13(9-10)18-3)12(7-8-16)14(17)19-4/h5-6,8-9,12H,7H2,1-4H3. The maximum Gasteiger partial charge on any atom is 0.313 e. The number of carbonyl (C=O) groups excluding carboxylic acids is 2. The quantitative estimate of drug-likeness (QED) is 0.577. The minimum Gasteiger partial charge on any atom is -0.496 e. The van der Waals surface area contributed by atoms with Gasteiger partial charge in [0.1, 0.15) is 12.0 Å². The van der Waals surface area contributed by atoms with Crippen LogP contribution in [0.4, 0.5) is 5.69 Å². The summed E-state index contributed by atoms with van der Waals surface area (Å²) in [6, 6.07) is 5.49. The van der Waals surface area contributed by atoms with Crippen molar-refractivity contribution in [2.24, 2.45) is 0 Å². The Balaban J connectivity index is 3.22. The maximum absolute atomic E-state index is 11.7. The number of anilines is 1. The zero-order valence-corrected chi connectivity index (χ0v) is 11.7. The first-order valence-electron chi connectivity index (χ1n) is 5.91. The van der Waals surface area contributed by atoms with E-state index < -0.39 is 11.9 Å². The third-order valence-electron chi connectivity index (χ3n) is 2.93. The number of esters is 1. The molecule has 0 amide bonds. The monoisotopic (exact) mass is 265 g/mol. The summed E-state index contributed by atoms with van der Waals surface area (Å²) in [6.07, 6.45) is 0.783. The molecule has 0 aromatic heterocycles. The van der Waals surface area contributed by atoms with E-state index in [1.54, 1.807) is 6.07 Å². The number of carbonyl (C=O) groups is 2. The average molecular weight is 265 g/mol. The highest BCUT2D eigenvalue weighted by molar-refractivity contribution is 5.82. The van der Waals surface area contributed by atoms with E-state index in [9.17, 15) is 9.59 Å². The number of methoxy groups -OCH3 is 2. The first-order chi connectivity index (χ1) is 9.04. The number of hydrogen-bond donors (Lipinski definition) is 0. The Labute approximate surface area is 113 Å². The SMILES string of the molecule is COC(=O)C(CC=O)c1ccc(N(C)C)cc1OC. The van der Waals surface area contributed by atoms with E-state index in [-0.39, 0.29) is 6.42 Å². The molecule has 1 aromatic carbocycles. The number of aldehydes is 1. The molecular formula is C14H19NO4. The van der Waals surface area contributed by atoms with Crippen LogP contribution in [0.5, 0.6) is 5.75 Å². The molecule has 1 unspecified atom stereocenters. The zero-order chi connectivity index (χ0) is 14.4. The summed E-state index contributed by atoms with van der Waals surface area (Å²) in [5, 5.41) is 0. The molecule has 104 valence electrons. The van der Waals surface area contributed by atoms with Gasteiger partial charge >= 0.3 is 5.97 Å². The average Bonchev–Trinajstić information content (AvgIpc) is 2.43.